The smallest absolute Gasteiger partial charge is 0.289 e. The highest BCUT2D eigenvalue weighted by Crippen LogP contribution is 2.29. The van der Waals surface area contributed by atoms with E-state index in [9.17, 15) is 4.79 Å². The first-order valence-corrected chi connectivity index (χ1v) is 10.9. The molecule has 0 spiro atoms. The van der Waals surface area contributed by atoms with Crippen molar-refractivity contribution in [2.75, 3.05) is 56.2 Å². The van der Waals surface area contributed by atoms with Gasteiger partial charge in [-0.2, -0.15) is 4.98 Å². The maximum Gasteiger partial charge on any atom is 0.289 e. The summed E-state index contributed by atoms with van der Waals surface area (Å²) in [4.78, 5) is 28.6. The van der Waals surface area contributed by atoms with E-state index in [-0.39, 0.29) is 5.91 Å². The third kappa shape index (κ3) is 3.89. The minimum absolute atomic E-state index is 0.0883. The Balaban J connectivity index is 1.26. The van der Waals surface area contributed by atoms with E-state index in [2.05, 4.69) is 14.8 Å². The average Bonchev–Trinajstić information content (AvgIpc) is 3.29. The van der Waals surface area contributed by atoms with Crippen LogP contribution in [0.25, 0.3) is 11.0 Å². The number of piperazine rings is 1. The van der Waals surface area contributed by atoms with Crippen molar-refractivity contribution in [2.45, 2.75) is 19.3 Å². The van der Waals surface area contributed by atoms with Crippen LogP contribution in [0.4, 0.5) is 11.8 Å². The van der Waals surface area contributed by atoms with Crippen LogP contribution in [0.15, 0.2) is 40.9 Å². The van der Waals surface area contributed by atoms with Gasteiger partial charge in [0.05, 0.1) is 7.11 Å². The number of amides is 1. The van der Waals surface area contributed by atoms with Gasteiger partial charge in [-0.15, -0.1) is 0 Å². The lowest BCUT2D eigenvalue weighted by molar-refractivity contribution is 0.0716. The second-order valence-electron chi connectivity index (χ2n) is 8.03. The summed E-state index contributed by atoms with van der Waals surface area (Å²) in [6.45, 7) is 4.74. The number of ether oxygens (including phenoxy) is 1. The topological polar surface area (TPSA) is 74.9 Å². The third-order valence-electron chi connectivity index (χ3n) is 6.10. The van der Waals surface area contributed by atoms with E-state index in [1.165, 1.54) is 19.3 Å². The summed E-state index contributed by atoms with van der Waals surface area (Å²) >= 11 is 0. The second-order valence-corrected chi connectivity index (χ2v) is 8.03. The fourth-order valence-corrected chi connectivity index (χ4v) is 4.36. The Bertz CT molecular complexity index is 1070. The normalized spacial score (nSPS) is 17.3. The zero-order valence-electron chi connectivity index (χ0n) is 17.8. The van der Waals surface area contributed by atoms with E-state index in [1.54, 1.807) is 13.2 Å². The number of aromatic nitrogens is 2. The number of anilines is 2. The number of fused-ring (bicyclic) bond motifs is 1. The van der Waals surface area contributed by atoms with Crippen LogP contribution in [-0.4, -0.2) is 67.2 Å². The summed E-state index contributed by atoms with van der Waals surface area (Å²) in [5.41, 5.74) is 0.609. The van der Waals surface area contributed by atoms with Gasteiger partial charge in [-0.3, -0.25) is 4.79 Å². The molecule has 2 saturated heterocycles. The number of hydrogen-bond acceptors (Lipinski definition) is 7. The molecule has 162 valence electrons. The van der Waals surface area contributed by atoms with Crippen molar-refractivity contribution in [2.24, 2.45) is 0 Å². The molecule has 2 aliphatic rings. The molecule has 0 radical (unpaired) electrons. The number of carbonyl (C=O) groups excluding carboxylic acids is 1. The predicted octanol–water partition coefficient (Wildman–Crippen LogP) is 3.18. The number of furan rings is 1. The molecule has 3 aromatic rings. The Morgan fingerprint density at radius 1 is 1.00 bits per heavy atom. The summed E-state index contributed by atoms with van der Waals surface area (Å²) in [7, 11) is 1.60. The molecule has 1 aromatic carbocycles. The molecule has 2 aliphatic heterocycles. The van der Waals surface area contributed by atoms with Gasteiger partial charge in [0.1, 0.15) is 5.82 Å². The number of methoxy groups -OCH3 is 1. The summed E-state index contributed by atoms with van der Waals surface area (Å²) in [6, 6.07) is 9.39. The first-order valence-electron chi connectivity index (χ1n) is 10.9. The molecule has 1 amide bonds. The van der Waals surface area contributed by atoms with Crippen LogP contribution >= 0.6 is 0 Å². The van der Waals surface area contributed by atoms with E-state index < -0.39 is 0 Å². The molecule has 2 fully saturated rings. The fraction of sp³-hybridized carbons (Fsp3) is 0.435. The van der Waals surface area contributed by atoms with Crippen molar-refractivity contribution in [3.05, 3.63) is 42.3 Å². The molecule has 0 atom stereocenters. The maximum absolute atomic E-state index is 13.0. The van der Waals surface area contributed by atoms with Crippen molar-refractivity contribution in [3.8, 4) is 5.75 Å². The second kappa shape index (κ2) is 8.45. The lowest BCUT2D eigenvalue weighted by Gasteiger charge is -2.35. The Morgan fingerprint density at radius 2 is 1.81 bits per heavy atom. The van der Waals surface area contributed by atoms with Crippen molar-refractivity contribution in [3.63, 3.8) is 0 Å². The number of nitrogens with zero attached hydrogens (tertiary/aromatic N) is 5. The van der Waals surface area contributed by atoms with Gasteiger partial charge in [0.15, 0.2) is 17.1 Å². The van der Waals surface area contributed by atoms with Gasteiger partial charge in [-0.1, -0.05) is 12.1 Å². The predicted molar refractivity (Wildman–Crippen MR) is 119 cm³/mol. The quantitative estimate of drug-likeness (QED) is 0.640. The summed E-state index contributed by atoms with van der Waals surface area (Å²) in [5.74, 6) is 2.63. The van der Waals surface area contributed by atoms with Crippen LogP contribution in [-0.2, 0) is 0 Å². The molecular weight excluding hydrogens is 394 g/mol. The zero-order valence-corrected chi connectivity index (χ0v) is 17.8. The van der Waals surface area contributed by atoms with Crippen LogP contribution in [0.1, 0.15) is 29.8 Å². The molecule has 31 heavy (non-hydrogen) atoms. The van der Waals surface area contributed by atoms with E-state index in [1.807, 2.05) is 35.4 Å². The van der Waals surface area contributed by atoms with Crippen LogP contribution in [0.2, 0.25) is 0 Å². The van der Waals surface area contributed by atoms with E-state index in [0.717, 1.165) is 43.3 Å². The number of carbonyl (C=O) groups is 1. The molecule has 0 unspecified atom stereocenters. The van der Waals surface area contributed by atoms with Gasteiger partial charge in [-0.25, -0.2) is 4.98 Å². The van der Waals surface area contributed by atoms with E-state index in [0.29, 0.717) is 30.2 Å². The van der Waals surface area contributed by atoms with Gasteiger partial charge in [0, 0.05) is 50.9 Å². The average molecular weight is 422 g/mol. The SMILES string of the molecule is COc1cccc2cc(C(=O)N3CCN(c4ccnc(N5CCCCC5)n4)CC3)oc12. The summed E-state index contributed by atoms with van der Waals surface area (Å²) in [5, 5.41) is 0.868. The Labute approximate surface area is 181 Å². The van der Waals surface area contributed by atoms with Gasteiger partial charge >= 0.3 is 0 Å². The lowest BCUT2D eigenvalue weighted by atomic mass is 10.1. The summed E-state index contributed by atoms with van der Waals surface area (Å²) < 4.78 is 11.2. The molecule has 0 bridgehead atoms. The third-order valence-corrected chi connectivity index (χ3v) is 6.10. The molecular formula is C23H27N5O3. The number of benzene rings is 1. The van der Waals surface area contributed by atoms with E-state index >= 15 is 0 Å². The molecule has 4 heterocycles. The van der Waals surface area contributed by atoms with Gasteiger partial charge in [0.2, 0.25) is 5.95 Å². The highest BCUT2D eigenvalue weighted by Gasteiger charge is 2.26. The Hall–Kier alpha value is -3.29. The maximum atomic E-state index is 13.0. The van der Waals surface area contributed by atoms with Crippen LogP contribution in [0.3, 0.4) is 0 Å². The number of hydrogen-bond donors (Lipinski definition) is 0. The van der Waals surface area contributed by atoms with E-state index in [4.69, 9.17) is 14.1 Å². The fourth-order valence-electron chi connectivity index (χ4n) is 4.36. The van der Waals surface area contributed by atoms with Gasteiger partial charge < -0.3 is 23.9 Å². The van der Waals surface area contributed by atoms with Crippen molar-refractivity contribution < 1.29 is 13.9 Å². The van der Waals surface area contributed by atoms with Crippen molar-refractivity contribution in [1.82, 2.24) is 14.9 Å². The Kier molecular flexibility index (Phi) is 5.36. The minimum Gasteiger partial charge on any atom is -0.493 e. The van der Waals surface area contributed by atoms with Crippen LogP contribution in [0, 0.1) is 0 Å². The zero-order chi connectivity index (χ0) is 21.2. The molecule has 2 aromatic heterocycles. The van der Waals surface area contributed by atoms with Gasteiger partial charge in [0.25, 0.3) is 5.91 Å². The van der Waals surface area contributed by atoms with Crippen molar-refractivity contribution in [1.29, 1.82) is 0 Å². The number of piperidine rings is 1. The Morgan fingerprint density at radius 3 is 2.58 bits per heavy atom. The molecule has 8 nitrogen and oxygen atoms in total. The summed E-state index contributed by atoms with van der Waals surface area (Å²) in [6.07, 6.45) is 5.51. The number of rotatable bonds is 4. The molecule has 8 heteroatoms. The minimum atomic E-state index is -0.0883. The lowest BCUT2D eigenvalue weighted by Crippen LogP contribution is -2.49. The highest BCUT2D eigenvalue weighted by atomic mass is 16.5. The molecule has 0 saturated carbocycles. The first kappa shape index (κ1) is 19.7. The highest BCUT2D eigenvalue weighted by molar-refractivity contribution is 5.97. The first-order chi connectivity index (χ1) is 15.2. The standard InChI is InChI=1S/C23H27N5O3/c1-30-18-7-5-6-17-16-19(31-21(17)18)22(29)27-14-12-26(13-15-27)20-8-9-24-23(25-20)28-10-3-2-4-11-28/h5-9,16H,2-4,10-15H2,1H3. The molecule has 0 aliphatic carbocycles. The largest absolute Gasteiger partial charge is 0.493 e. The van der Waals surface area contributed by atoms with Crippen LogP contribution < -0.4 is 14.5 Å². The van der Waals surface area contributed by atoms with Gasteiger partial charge in [-0.05, 0) is 37.5 Å². The van der Waals surface area contributed by atoms with Crippen LogP contribution in [0.5, 0.6) is 5.75 Å². The van der Waals surface area contributed by atoms with Crippen molar-refractivity contribution >= 4 is 28.6 Å². The number of para-hydroxylation sites is 1. The molecule has 5 rings (SSSR count). The monoisotopic (exact) mass is 421 g/mol. The molecule has 0 N–H and O–H groups in total.